The molecule has 3 aromatic rings. The Morgan fingerprint density at radius 3 is 1.93 bits per heavy atom. The molecule has 158 valence electrons. The van der Waals surface area contributed by atoms with Gasteiger partial charge in [0.1, 0.15) is 0 Å². The monoisotopic (exact) mass is 416 g/mol. The van der Waals surface area contributed by atoms with Gasteiger partial charge in [-0.25, -0.2) is 0 Å². The zero-order valence-electron chi connectivity index (χ0n) is 18.6. The molecule has 0 nitrogen and oxygen atoms in total. The second kappa shape index (κ2) is 12.6. The molecule has 0 amide bonds. The van der Waals surface area contributed by atoms with Gasteiger partial charge in [-0.2, -0.15) is 0 Å². The molecule has 0 bridgehead atoms. The summed E-state index contributed by atoms with van der Waals surface area (Å²) < 4.78 is 0. The van der Waals surface area contributed by atoms with Gasteiger partial charge < -0.3 is 0 Å². The first-order valence-electron chi connectivity index (χ1n) is 11.7. The maximum absolute atomic E-state index is 2.35. The summed E-state index contributed by atoms with van der Waals surface area (Å²) in [6.45, 7) is 4.47. The maximum atomic E-state index is 2.35. The summed E-state index contributed by atoms with van der Waals surface area (Å²) in [6, 6.07) is 29.0. The minimum Gasteiger partial charge on any atom is -0.0898 e. The summed E-state index contributed by atoms with van der Waals surface area (Å²) >= 11 is 1.86. The number of hydrogen-bond acceptors (Lipinski definition) is 1. The average Bonchev–Trinajstić information content (AvgIpc) is 2.79. The molecule has 1 unspecified atom stereocenters. The van der Waals surface area contributed by atoms with Crippen LogP contribution >= 0.6 is 11.8 Å². The number of hydrogen-bond donors (Lipinski definition) is 0. The van der Waals surface area contributed by atoms with E-state index >= 15 is 0 Å². The highest BCUT2D eigenvalue weighted by Gasteiger charge is 2.14. The van der Waals surface area contributed by atoms with Crippen LogP contribution in [0.15, 0.2) is 88.7 Å². The third-order valence-corrected chi connectivity index (χ3v) is 7.09. The molecule has 1 atom stereocenters. The lowest BCUT2D eigenvalue weighted by Gasteiger charge is -2.19. The fourth-order valence-corrected chi connectivity index (χ4v) is 4.98. The van der Waals surface area contributed by atoms with E-state index in [0.29, 0.717) is 5.92 Å². The van der Waals surface area contributed by atoms with Crippen molar-refractivity contribution in [3.63, 3.8) is 0 Å². The third kappa shape index (κ3) is 7.06. The molecule has 0 N–H and O–H groups in total. The van der Waals surface area contributed by atoms with Crippen molar-refractivity contribution < 1.29 is 0 Å². The van der Waals surface area contributed by atoms with Crippen LogP contribution in [-0.4, -0.2) is 0 Å². The van der Waals surface area contributed by atoms with E-state index in [1.807, 2.05) is 11.8 Å². The molecule has 0 fully saturated rings. The Labute approximate surface area is 188 Å². The van der Waals surface area contributed by atoms with E-state index < -0.39 is 0 Å². The van der Waals surface area contributed by atoms with Crippen molar-refractivity contribution in [2.45, 2.75) is 80.9 Å². The Balaban J connectivity index is 1.63. The number of aryl methyl sites for hydroxylation is 1. The SMILES string of the molecule is CCCCCCCCCC(c1ccccc1)c1ccc(Sc2ccccc2C)cc1. The Kier molecular flexibility index (Phi) is 9.57. The van der Waals surface area contributed by atoms with E-state index in [1.165, 1.54) is 77.8 Å². The highest BCUT2D eigenvalue weighted by molar-refractivity contribution is 7.99. The highest BCUT2D eigenvalue weighted by atomic mass is 32.2. The number of rotatable bonds is 12. The van der Waals surface area contributed by atoms with E-state index in [1.54, 1.807) is 0 Å². The summed E-state index contributed by atoms with van der Waals surface area (Å²) in [6.07, 6.45) is 10.8. The lowest BCUT2D eigenvalue weighted by molar-refractivity contribution is 0.558. The summed E-state index contributed by atoms with van der Waals surface area (Å²) in [5, 5.41) is 0. The normalized spacial score (nSPS) is 12.1. The van der Waals surface area contributed by atoms with Gasteiger partial charge >= 0.3 is 0 Å². The lowest BCUT2D eigenvalue weighted by atomic mass is 9.87. The molecule has 0 saturated heterocycles. The molecular formula is C29H36S. The summed E-state index contributed by atoms with van der Waals surface area (Å²) in [5.41, 5.74) is 4.23. The second-order valence-electron chi connectivity index (χ2n) is 8.31. The smallest absolute Gasteiger partial charge is 0.0151 e. The zero-order valence-corrected chi connectivity index (χ0v) is 19.5. The molecule has 0 aromatic heterocycles. The summed E-state index contributed by atoms with van der Waals surface area (Å²) in [7, 11) is 0. The van der Waals surface area contributed by atoms with E-state index in [4.69, 9.17) is 0 Å². The fourth-order valence-electron chi connectivity index (χ4n) is 4.08. The van der Waals surface area contributed by atoms with E-state index in [2.05, 4.69) is 92.7 Å². The highest BCUT2D eigenvalue weighted by Crippen LogP contribution is 2.34. The van der Waals surface area contributed by atoms with Gasteiger partial charge in [-0.1, -0.05) is 124 Å². The topological polar surface area (TPSA) is 0 Å². The number of unbranched alkanes of at least 4 members (excludes halogenated alkanes) is 6. The second-order valence-corrected chi connectivity index (χ2v) is 9.43. The van der Waals surface area contributed by atoms with Crippen LogP contribution in [0.2, 0.25) is 0 Å². The van der Waals surface area contributed by atoms with Crippen molar-refractivity contribution >= 4 is 11.8 Å². The first kappa shape index (κ1) is 22.7. The third-order valence-electron chi connectivity index (χ3n) is 5.90. The van der Waals surface area contributed by atoms with Crippen molar-refractivity contribution in [3.05, 3.63) is 95.6 Å². The Morgan fingerprint density at radius 1 is 0.633 bits per heavy atom. The Bertz CT molecular complexity index is 851. The van der Waals surface area contributed by atoms with Crippen molar-refractivity contribution in [1.82, 2.24) is 0 Å². The van der Waals surface area contributed by atoms with Crippen LogP contribution < -0.4 is 0 Å². The van der Waals surface area contributed by atoms with Crippen molar-refractivity contribution in [2.24, 2.45) is 0 Å². The molecular weight excluding hydrogens is 380 g/mol. The molecule has 30 heavy (non-hydrogen) atoms. The molecule has 0 aliphatic heterocycles. The molecule has 1 heteroatoms. The minimum absolute atomic E-state index is 0.499. The first-order chi connectivity index (χ1) is 14.8. The lowest BCUT2D eigenvalue weighted by Crippen LogP contribution is -2.01. The molecule has 3 rings (SSSR count). The Morgan fingerprint density at radius 2 is 1.23 bits per heavy atom. The quantitative estimate of drug-likeness (QED) is 0.265. The van der Waals surface area contributed by atoms with Gasteiger partial charge in [0.2, 0.25) is 0 Å². The van der Waals surface area contributed by atoms with E-state index in [0.717, 1.165) is 0 Å². The van der Waals surface area contributed by atoms with Crippen LogP contribution in [0.5, 0.6) is 0 Å². The molecule has 3 aromatic carbocycles. The van der Waals surface area contributed by atoms with Crippen molar-refractivity contribution in [2.75, 3.05) is 0 Å². The largest absolute Gasteiger partial charge is 0.0898 e. The van der Waals surface area contributed by atoms with Crippen LogP contribution in [0, 0.1) is 6.92 Å². The van der Waals surface area contributed by atoms with Crippen molar-refractivity contribution in [1.29, 1.82) is 0 Å². The van der Waals surface area contributed by atoms with Gasteiger partial charge in [-0.3, -0.25) is 0 Å². The van der Waals surface area contributed by atoms with Crippen LogP contribution in [0.1, 0.15) is 80.9 Å². The Hall–Kier alpha value is -1.99. The predicted octanol–water partition coefficient (Wildman–Crippen LogP) is 9.42. The zero-order chi connectivity index (χ0) is 21.0. The van der Waals surface area contributed by atoms with Gasteiger partial charge in [-0.15, -0.1) is 0 Å². The maximum Gasteiger partial charge on any atom is 0.0151 e. The van der Waals surface area contributed by atoms with Gasteiger partial charge in [0.05, 0.1) is 0 Å². The number of benzene rings is 3. The van der Waals surface area contributed by atoms with Crippen LogP contribution in [0.3, 0.4) is 0 Å². The van der Waals surface area contributed by atoms with Gasteiger partial charge in [0.15, 0.2) is 0 Å². The molecule has 0 heterocycles. The van der Waals surface area contributed by atoms with E-state index in [-0.39, 0.29) is 0 Å². The van der Waals surface area contributed by atoms with Gasteiger partial charge in [0, 0.05) is 15.7 Å². The molecule has 0 spiro atoms. The van der Waals surface area contributed by atoms with Gasteiger partial charge in [-0.05, 0) is 48.2 Å². The molecule has 0 aliphatic rings. The van der Waals surface area contributed by atoms with Crippen LogP contribution in [0.25, 0.3) is 0 Å². The van der Waals surface area contributed by atoms with Crippen molar-refractivity contribution in [3.8, 4) is 0 Å². The first-order valence-corrected chi connectivity index (χ1v) is 12.5. The molecule has 0 radical (unpaired) electrons. The van der Waals surface area contributed by atoms with Crippen LogP contribution in [-0.2, 0) is 0 Å². The fraction of sp³-hybridized carbons (Fsp3) is 0.379. The molecule has 0 aliphatic carbocycles. The minimum atomic E-state index is 0.499. The van der Waals surface area contributed by atoms with Gasteiger partial charge in [0.25, 0.3) is 0 Å². The summed E-state index contributed by atoms with van der Waals surface area (Å²) in [4.78, 5) is 2.66. The van der Waals surface area contributed by atoms with E-state index in [9.17, 15) is 0 Å². The predicted molar refractivity (Wildman–Crippen MR) is 133 cm³/mol. The standard InChI is InChI=1S/C29H36S/c1-3-4-5-6-7-8-12-18-28(25-16-10-9-11-17-25)26-20-22-27(23-21-26)30-29-19-14-13-15-24(29)2/h9-11,13-17,19-23,28H,3-8,12,18H2,1-2H3. The van der Waals surface area contributed by atoms with Crippen LogP contribution in [0.4, 0.5) is 0 Å². The molecule has 0 saturated carbocycles. The summed E-state index contributed by atoms with van der Waals surface area (Å²) in [5.74, 6) is 0.499. The average molecular weight is 417 g/mol.